The molecule has 2 amide bonds. The van der Waals surface area contributed by atoms with Crippen LogP contribution in [0.2, 0.25) is 0 Å². The largest absolute Gasteiger partial charge is 0.401 e. The molecular weight excluding hydrogens is 457 g/mol. The van der Waals surface area contributed by atoms with Gasteiger partial charge in [0.2, 0.25) is 5.91 Å². The number of amides is 2. The van der Waals surface area contributed by atoms with Gasteiger partial charge in [-0.1, -0.05) is 5.16 Å². The lowest BCUT2D eigenvalue weighted by molar-refractivity contribution is -0.185. The third-order valence-electron chi connectivity index (χ3n) is 5.07. The second-order valence-electron chi connectivity index (χ2n) is 8.33. The van der Waals surface area contributed by atoms with E-state index in [-0.39, 0.29) is 46.7 Å². The van der Waals surface area contributed by atoms with Crippen molar-refractivity contribution in [3.05, 3.63) is 35.5 Å². The van der Waals surface area contributed by atoms with E-state index in [1.807, 2.05) is 13.8 Å². The molecule has 0 aliphatic carbocycles. The summed E-state index contributed by atoms with van der Waals surface area (Å²) in [7, 11) is 0. The third kappa shape index (κ3) is 4.70. The minimum absolute atomic E-state index is 0.0112. The van der Waals surface area contributed by atoms with Gasteiger partial charge >= 0.3 is 6.18 Å². The summed E-state index contributed by atoms with van der Waals surface area (Å²) in [5, 5.41) is 10.1. The number of nitrogens with two attached hydrogens (primary N) is 2. The second-order valence-corrected chi connectivity index (χ2v) is 8.33. The first-order chi connectivity index (χ1) is 15.7. The van der Waals surface area contributed by atoms with Crippen molar-refractivity contribution in [2.24, 2.45) is 5.73 Å². The number of anilines is 2. The highest BCUT2D eigenvalue weighted by atomic mass is 19.4. The molecule has 0 bridgehead atoms. The summed E-state index contributed by atoms with van der Waals surface area (Å²) in [5.74, 6) is -1.88. The quantitative estimate of drug-likeness (QED) is 0.464. The summed E-state index contributed by atoms with van der Waals surface area (Å²) in [6.45, 7) is 5.54. The Kier molecular flexibility index (Phi) is 6.35. The molecule has 14 heteroatoms. The number of aromatic nitrogens is 5. The van der Waals surface area contributed by atoms with Gasteiger partial charge in [0.05, 0.1) is 18.3 Å². The molecule has 0 aliphatic heterocycles. The normalized spacial score (nSPS) is 12.2. The minimum atomic E-state index is -4.56. The smallest absolute Gasteiger partial charge is 0.383 e. The summed E-state index contributed by atoms with van der Waals surface area (Å²) in [5.41, 5.74) is 9.79. The second kappa shape index (κ2) is 8.76. The Balaban J connectivity index is 1.74. The number of carbonyl (C=O) groups excluding carboxylic acids is 2. The Bertz CT molecular complexity index is 1210. The van der Waals surface area contributed by atoms with Gasteiger partial charge in [-0.3, -0.25) is 19.6 Å². The van der Waals surface area contributed by atoms with Crippen molar-refractivity contribution in [2.45, 2.75) is 51.7 Å². The Morgan fingerprint density at radius 3 is 2.41 bits per heavy atom. The van der Waals surface area contributed by atoms with Crippen LogP contribution in [0.25, 0.3) is 11.4 Å². The fourth-order valence-corrected chi connectivity index (χ4v) is 2.95. The predicted octanol–water partition coefficient (Wildman–Crippen LogP) is 2.61. The van der Waals surface area contributed by atoms with Crippen LogP contribution in [0, 0.1) is 0 Å². The first-order valence-electron chi connectivity index (χ1n) is 10.0. The summed E-state index contributed by atoms with van der Waals surface area (Å²) >= 11 is 0. The maximum atomic E-state index is 13.1. The van der Waals surface area contributed by atoms with E-state index in [9.17, 15) is 22.8 Å². The van der Waals surface area contributed by atoms with E-state index in [2.05, 4.69) is 25.5 Å². The Morgan fingerprint density at radius 1 is 1.21 bits per heavy atom. The molecule has 3 heterocycles. The molecule has 182 valence electrons. The van der Waals surface area contributed by atoms with Crippen LogP contribution < -0.4 is 16.8 Å². The standard InChI is InChI=1S/C20H23F3N8O3/c1-9(2)31-17(24)15(18(25)33)16(29-31)11-8-26-10(7-27-11)5-14(32)28-13-6-12(34-30-13)19(3,4)20(21,22)23/h6-9H,5,24H2,1-4H3,(H2,25,33)(H,28,30,32). The molecule has 0 saturated heterocycles. The number of rotatable bonds is 7. The Hall–Kier alpha value is -3.97. The van der Waals surface area contributed by atoms with Gasteiger partial charge < -0.3 is 21.3 Å². The van der Waals surface area contributed by atoms with Crippen molar-refractivity contribution < 1.29 is 27.3 Å². The van der Waals surface area contributed by atoms with Crippen LogP contribution in [-0.4, -0.2) is 42.9 Å². The summed E-state index contributed by atoms with van der Waals surface area (Å²) in [6.07, 6.45) is -2.20. The fourth-order valence-electron chi connectivity index (χ4n) is 2.95. The zero-order valence-corrected chi connectivity index (χ0v) is 18.8. The number of primary amides is 1. The van der Waals surface area contributed by atoms with E-state index in [4.69, 9.17) is 16.0 Å². The lowest BCUT2D eigenvalue weighted by atomic mass is 9.89. The SMILES string of the molecule is CC(C)n1nc(-c2cnc(CC(=O)Nc3cc(C(C)(C)C(F)(F)F)on3)cn2)c(C(N)=O)c1N. The molecule has 3 rings (SSSR count). The van der Waals surface area contributed by atoms with E-state index in [0.717, 1.165) is 19.9 Å². The average Bonchev–Trinajstić information content (AvgIpc) is 3.32. The lowest BCUT2D eigenvalue weighted by Gasteiger charge is -2.24. The van der Waals surface area contributed by atoms with Gasteiger partial charge in [-0.25, -0.2) is 4.68 Å². The summed E-state index contributed by atoms with van der Waals surface area (Å²) < 4.78 is 45.6. The van der Waals surface area contributed by atoms with Gasteiger partial charge in [-0.15, -0.1) is 0 Å². The van der Waals surface area contributed by atoms with Gasteiger partial charge in [0.1, 0.15) is 28.2 Å². The number of nitrogens with one attached hydrogen (secondary N) is 1. The molecule has 3 aromatic heterocycles. The number of alkyl halides is 3. The first kappa shape index (κ1) is 24.7. The number of hydrogen-bond acceptors (Lipinski definition) is 8. The molecule has 0 fully saturated rings. The molecule has 0 aliphatic rings. The van der Waals surface area contributed by atoms with E-state index < -0.39 is 29.2 Å². The molecule has 11 nitrogen and oxygen atoms in total. The van der Waals surface area contributed by atoms with Crippen LogP contribution in [0.5, 0.6) is 0 Å². The number of hydrogen-bond donors (Lipinski definition) is 3. The van der Waals surface area contributed by atoms with Gasteiger partial charge in [0.15, 0.2) is 11.6 Å². The maximum Gasteiger partial charge on any atom is 0.401 e. The molecule has 5 N–H and O–H groups in total. The third-order valence-corrected chi connectivity index (χ3v) is 5.07. The van der Waals surface area contributed by atoms with Crippen LogP contribution in [0.4, 0.5) is 24.8 Å². The van der Waals surface area contributed by atoms with Crippen LogP contribution >= 0.6 is 0 Å². The molecule has 0 aromatic carbocycles. The maximum absolute atomic E-state index is 13.1. The topological polar surface area (TPSA) is 168 Å². The molecule has 0 spiro atoms. The first-order valence-corrected chi connectivity index (χ1v) is 10.0. The molecule has 0 radical (unpaired) electrons. The summed E-state index contributed by atoms with van der Waals surface area (Å²) in [6, 6.07) is 0.877. The number of carbonyl (C=O) groups is 2. The van der Waals surface area contributed by atoms with Crippen molar-refractivity contribution in [1.29, 1.82) is 0 Å². The Labute approximate surface area is 191 Å². The predicted molar refractivity (Wildman–Crippen MR) is 114 cm³/mol. The summed E-state index contributed by atoms with van der Waals surface area (Å²) in [4.78, 5) is 32.5. The highest BCUT2D eigenvalue weighted by Crippen LogP contribution is 2.41. The minimum Gasteiger partial charge on any atom is -0.383 e. The van der Waals surface area contributed by atoms with E-state index >= 15 is 0 Å². The van der Waals surface area contributed by atoms with Crippen molar-refractivity contribution in [1.82, 2.24) is 24.9 Å². The zero-order valence-electron chi connectivity index (χ0n) is 18.8. The van der Waals surface area contributed by atoms with Gasteiger partial charge in [-0.2, -0.15) is 18.3 Å². The molecule has 0 saturated carbocycles. The van der Waals surface area contributed by atoms with Crippen molar-refractivity contribution >= 4 is 23.5 Å². The zero-order chi connectivity index (χ0) is 25.4. The van der Waals surface area contributed by atoms with Gasteiger partial charge in [0.25, 0.3) is 5.91 Å². The van der Waals surface area contributed by atoms with E-state index in [1.54, 1.807) is 0 Å². The number of nitrogens with zero attached hydrogens (tertiary/aromatic N) is 5. The van der Waals surface area contributed by atoms with Gasteiger partial charge in [-0.05, 0) is 27.7 Å². The molecule has 0 unspecified atom stereocenters. The van der Waals surface area contributed by atoms with Crippen LogP contribution in [0.15, 0.2) is 23.0 Å². The highest BCUT2D eigenvalue weighted by Gasteiger charge is 2.51. The highest BCUT2D eigenvalue weighted by molar-refractivity contribution is 6.02. The Morgan fingerprint density at radius 2 is 1.88 bits per heavy atom. The number of halogens is 3. The van der Waals surface area contributed by atoms with E-state index in [0.29, 0.717) is 0 Å². The fraction of sp³-hybridized carbons (Fsp3) is 0.400. The van der Waals surface area contributed by atoms with Crippen molar-refractivity contribution in [3.63, 3.8) is 0 Å². The van der Waals surface area contributed by atoms with Crippen molar-refractivity contribution in [2.75, 3.05) is 11.1 Å². The monoisotopic (exact) mass is 480 g/mol. The average molecular weight is 480 g/mol. The molecule has 0 atom stereocenters. The van der Waals surface area contributed by atoms with Crippen molar-refractivity contribution in [3.8, 4) is 11.4 Å². The van der Waals surface area contributed by atoms with Crippen LogP contribution in [0.1, 0.15) is 55.5 Å². The molecular formula is C20H23F3N8O3. The van der Waals surface area contributed by atoms with Crippen LogP contribution in [-0.2, 0) is 16.6 Å². The van der Waals surface area contributed by atoms with Crippen LogP contribution in [0.3, 0.4) is 0 Å². The molecule has 3 aromatic rings. The van der Waals surface area contributed by atoms with E-state index in [1.165, 1.54) is 17.1 Å². The van der Waals surface area contributed by atoms with Gasteiger partial charge in [0, 0.05) is 18.3 Å². The number of nitrogen functional groups attached to an aromatic ring is 1. The lowest BCUT2D eigenvalue weighted by Crippen LogP contribution is -2.35. The molecule has 34 heavy (non-hydrogen) atoms.